The van der Waals surface area contributed by atoms with E-state index < -0.39 is 0 Å². The second-order valence-electron chi connectivity index (χ2n) is 5.74. The van der Waals surface area contributed by atoms with Gasteiger partial charge in [0.15, 0.2) is 0 Å². The molecule has 0 saturated heterocycles. The quantitative estimate of drug-likeness (QED) is 0.713. The van der Waals surface area contributed by atoms with Crippen molar-refractivity contribution in [3.05, 3.63) is 63.9 Å². The smallest absolute Gasteiger partial charge is 0.123 e. The Hall–Kier alpha value is -2.18. The van der Waals surface area contributed by atoms with E-state index in [2.05, 4.69) is 34.5 Å². The Balaban J connectivity index is 1.73. The summed E-state index contributed by atoms with van der Waals surface area (Å²) in [7, 11) is 1.70. The summed E-state index contributed by atoms with van der Waals surface area (Å²) < 4.78 is 7.40. The van der Waals surface area contributed by atoms with Gasteiger partial charge in [-0.3, -0.25) is 4.68 Å². The topological polar surface area (TPSA) is 52.0 Å². The van der Waals surface area contributed by atoms with Crippen LogP contribution in [0.25, 0.3) is 0 Å². The zero-order valence-electron chi connectivity index (χ0n) is 14.2. The molecule has 0 saturated carbocycles. The molecule has 3 rings (SSSR count). The molecular formula is C18H22N4OS. The van der Waals surface area contributed by atoms with Crippen LogP contribution in [-0.2, 0) is 13.1 Å². The van der Waals surface area contributed by atoms with Crippen LogP contribution >= 0.6 is 11.3 Å². The van der Waals surface area contributed by atoms with E-state index in [1.54, 1.807) is 24.6 Å². The van der Waals surface area contributed by atoms with Crippen LogP contribution in [0.5, 0.6) is 5.75 Å². The van der Waals surface area contributed by atoms with Crippen molar-refractivity contribution in [3.63, 3.8) is 0 Å². The summed E-state index contributed by atoms with van der Waals surface area (Å²) in [4.78, 5) is 5.58. The maximum atomic E-state index is 5.50. The van der Waals surface area contributed by atoms with Gasteiger partial charge >= 0.3 is 0 Å². The van der Waals surface area contributed by atoms with Crippen LogP contribution in [0.15, 0.2) is 42.2 Å². The van der Waals surface area contributed by atoms with Crippen molar-refractivity contribution in [1.82, 2.24) is 20.1 Å². The molecule has 6 heteroatoms. The molecular weight excluding hydrogens is 320 g/mol. The number of thiazole rings is 1. The van der Waals surface area contributed by atoms with Gasteiger partial charge in [0.2, 0.25) is 0 Å². The number of methoxy groups -OCH3 is 1. The van der Waals surface area contributed by atoms with Gasteiger partial charge in [-0.1, -0.05) is 6.07 Å². The molecule has 0 amide bonds. The first-order chi connectivity index (χ1) is 11.7. The third kappa shape index (κ3) is 3.83. The molecule has 0 radical (unpaired) electrons. The van der Waals surface area contributed by atoms with Gasteiger partial charge in [0.25, 0.3) is 0 Å². The first-order valence-corrected chi connectivity index (χ1v) is 8.82. The molecule has 0 aliphatic heterocycles. The van der Waals surface area contributed by atoms with Gasteiger partial charge in [0.1, 0.15) is 5.75 Å². The lowest BCUT2D eigenvalue weighted by atomic mass is 10.0. The lowest BCUT2D eigenvalue weighted by Gasteiger charge is -2.17. The maximum absolute atomic E-state index is 5.50. The lowest BCUT2D eigenvalue weighted by Crippen LogP contribution is -2.18. The summed E-state index contributed by atoms with van der Waals surface area (Å²) in [6, 6.07) is 8.51. The predicted molar refractivity (Wildman–Crippen MR) is 96.4 cm³/mol. The fourth-order valence-corrected chi connectivity index (χ4v) is 3.35. The van der Waals surface area contributed by atoms with Crippen molar-refractivity contribution >= 4 is 11.3 Å². The first kappa shape index (κ1) is 16.7. The number of nitrogens with zero attached hydrogens (tertiary/aromatic N) is 3. The summed E-state index contributed by atoms with van der Waals surface area (Å²) in [5, 5.41) is 7.85. The molecule has 24 heavy (non-hydrogen) atoms. The fourth-order valence-electron chi connectivity index (χ4n) is 2.62. The first-order valence-electron chi connectivity index (χ1n) is 7.94. The average molecular weight is 342 g/mol. The largest absolute Gasteiger partial charge is 0.496 e. The van der Waals surface area contributed by atoms with Crippen molar-refractivity contribution in [2.45, 2.75) is 33.0 Å². The SMILES string of the molecule is COc1ccc([C@H](C)NCc2scnc2C)cc1Cn1cccn1. The predicted octanol–water partition coefficient (Wildman–Crippen LogP) is 3.56. The molecule has 0 aliphatic rings. The summed E-state index contributed by atoms with van der Waals surface area (Å²) >= 11 is 1.69. The highest BCUT2D eigenvalue weighted by molar-refractivity contribution is 7.09. The molecule has 1 N–H and O–H groups in total. The minimum Gasteiger partial charge on any atom is -0.496 e. The second-order valence-corrected chi connectivity index (χ2v) is 6.68. The Bertz CT molecular complexity index is 782. The number of rotatable bonds is 7. The van der Waals surface area contributed by atoms with Crippen molar-refractivity contribution in [3.8, 4) is 5.75 Å². The monoisotopic (exact) mass is 342 g/mol. The van der Waals surface area contributed by atoms with Crippen molar-refractivity contribution in [1.29, 1.82) is 0 Å². The maximum Gasteiger partial charge on any atom is 0.123 e. The number of ether oxygens (including phenoxy) is 1. The molecule has 0 spiro atoms. The third-order valence-electron chi connectivity index (χ3n) is 4.11. The van der Waals surface area contributed by atoms with Gasteiger partial charge in [-0.05, 0) is 37.6 Å². The number of aromatic nitrogens is 3. The molecule has 2 aromatic heterocycles. The molecule has 0 unspecified atom stereocenters. The Kier molecular flexibility index (Phi) is 5.27. The van der Waals surface area contributed by atoms with E-state index in [4.69, 9.17) is 4.74 Å². The molecule has 126 valence electrons. The Labute approximate surface area is 146 Å². The zero-order valence-corrected chi connectivity index (χ0v) is 15.0. The summed E-state index contributed by atoms with van der Waals surface area (Å²) in [5.74, 6) is 0.889. The Morgan fingerprint density at radius 2 is 2.25 bits per heavy atom. The van der Waals surface area contributed by atoms with E-state index in [0.717, 1.165) is 23.6 Å². The van der Waals surface area contributed by atoms with Gasteiger partial charge in [-0.15, -0.1) is 11.3 Å². The van der Waals surface area contributed by atoms with Crippen LogP contribution in [-0.4, -0.2) is 21.9 Å². The summed E-state index contributed by atoms with van der Waals surface area (Å²) in [6.07, 6.45) is 3.75. The minimum atomic E-state index is 0.244. The molecule has 1 aromatic carbocycles. The molecule has 1 atom stereocenters. The molecule has 2 heterocycles. The molecule has 0 aliphatic carbocycles. The number of benzene rings is 1. The van der Waals surface area contributed by atoms with E-state index in [1.165, 1.54) is 10.4 Å². The lowest BCUT2D eigenvalue weighted by molar-refractivity contribution is 0.406. The number of hydrogen-bond acceptors (Lipinski definition) is 5. The van der Waals surface area contributed by atoms with E-state index in [0.29, 0.717) is 6.54 Å². The van der Waals surface area contributed by atoms with Crippen LogP contribution < -0.4 is 10.1 Å². The molecule has 0 bridgehead atoms. The van der Waals surface area contributed by atoms with Crippen molar-refractivity contribution < 1.29 is 4.74 Å². The standard InChI is InChI=1S/C18H22N4OS/c1-13(19-10-18-14(2)20-12-24-18)15-5-6-17(23-3)16(9-15)11-22-8-4-7-21-22/h4-9,12-13,19H,10-11H2,1-3H3/t13-/m0/s1. The number of aryl methyl sites for hydroxylation is 1. The van der Waals surface area contributed by atoms with Crippen molar-refractivity contribution in [2.75, 3.05) is 7.11 Å². The molecule has 5 nitrogen and oxygen atoms in total. The highest BCUT2D eigenvalue weighted by atomic mass is 32.1. The van der Waals surface area contributed by atoms with Crippen LogP contribution in [0.2, 0.25) is 0 Å². The normalized spacial score (nSPS) is 12.3. The van der Waals surface area contributed by atoms with Crippen molar-refractivity contribution in [2.24, 2.45) is 0 Å². The highest BCUT2D eigenvalue weighted by Gasteiger charge is 2.11. The van der Waals surface area contributed by atoms with Crippen LogP contribution in [0.4, 0.5) is 0 Å². The highest BCUT2D eigenvalue weighted by Crippen LogP contribution is 2.24. The Morgan fingerprint density at radius 1 is 1.38 bits per heavy atom. The fraction of sp³-hybridized carbons (Fsp3) is 0.333. The van der Waals surface area contributed by atoms with Gasteiger partial charge in [0.05, 0.1) is 24.9 Å². The molecule has 0 fully saturated rings. The van der Waals surface area contributed by atoms with E-state index in [-0.39, 0.29) is 6.04 Å². The Morgan fingerprint density at radius 3 is 2.92 bits per heavy atom. The second kappa shape index (κ2) is 7.59. The summed E-state index contributed by atoms with van der Waals surface area (Å²) in [5.41, 5.74) is 5.36. The number of nitrogens with one attached hydrogen (secondary N) is 1. The van der Waals surface area contributed by atoms with E-state index in [9.17, 15) is 0 Å². The van der Waals surface area contributed by atoms with Gasteiger partial charge < -0.3 is 10.1 Å². The molecule has 3 aromatic rings. The van der Waals surface area contributed by atoms with Crippen LogP contribution in [0.1, 0.15) is 34.7 Å². The van der Waals surface area contributed by atoms with Gasteiger partial charge in [-0.2, -0.15) is 5.10 Å². The number of hydrogen-bond donors (Lipinski definition) is 1. The zero-order chi connectivity index (χ0) is 16.9. The average Bonchev–Trinajstić information content (AvgIpc) is 3.24. The van der Waals surface area contributed by atoms with Gasteiger partial charge in [0, 0.05) is 35.4 Å². The van der Waals surface area contributed by atoms with Crippen LogP contribution in [0, 0.1) is 6.92 Å². The van der Waals surface area contributed by atoms with Crippen LogP contribution in [0.3, 0.4) is 0 Å². The minimum absolute atomic E-state index is 0.244. The van der Waals surface area contributed by atoms with E-state index >= 15 is 0 Å². The van der Waals surface area contributed by atoms with E-state index in [1.807, 2.05) is 35.4 Å². The third-order valence-corrected chi connectivity index (χ3v) is 5.04. The van der Waals surface area contributed by atoms with Gasteiger partial charge in [-0.25, -0.2) is 4.98 Å². The summed E-state index contributed by atoms with van der Waals surface area (Å²) in [6.45, 7) is 5.76.